The van der Waals surface area contributed by atoms with Gasteiger partial charge < -0.3 is 9.84 Å². The average molecular weight is 348 g/mol. The van der Waals surface area contributed by atoms with Gasteiger partial charge in [-0.25, -0.2) is 9.59 Å². The van der Waals surface area contributed by atoms with Gasteiger partial charge in [0.05, 0.1) is 16.9 Å². The van der Waals surface area contributed by atoms with Crippen LogP contribution in [0.2, 0.25) is 0 Å². The van der Waals surface area contributed by atoms with Crippen molar-refractivity contribution in [3.63, 3.8) is 0 Å². The van der Waals surface area contributed by atoms with Crippen LogP contribution >= 0.6 is 0 Å². The molecule has 1 heterocycles. The minimum atomic E-state index is -1.16. The molecule has 0 spiro atoms. The molecular formula is C20H16N2O4. The molecule has 0 bridgehead atoms. The number of pyridine rings is 1. The summed E-state index contributed by atoms with van der Waals surface area (Å²) in [5.41, 5.74) is 1.92. The number of hydrogen-bond donors (Lipinski definition) is 2. The number of aromatic carboxylic acids is 1. The van der Waals surface area contributed by atoms with E-state index in [9.17, 15) is 14.7 Å². The van der Waals surface area contributed by atoms with Gasteiger partial charge in [-0.1, -0.05) is 60.7 Å². The largest absolute Gasteiger partial charge is 0.478 e. The number of amides is 1. The van der Waals surface area contributed by atoms with E-state index in [0.717, 1.165) is 5.56 Å². The second-order valence-corrected chi connectivity index (χ2v) is 5.44. The Bertz CT molecular complexity index is 912. The smallest absolute Gasteiger partial charge is 0.412 e. The van der Waals surface area contributed by atoms with Crippen molar-refractivity contribution < 1.29 is 19.4 Å². The molecule has 1 amide bonds. The number of hydrogen-bond acceptors (Lipinski definition) is 4. The summed E-state index contributed by atoms with van der Waals surface area (Å²) in [5.74, 6) is -1.16. The third-order valence-electron chi connectivity index (χ3n) is 3.67. The van der Waals surface area contributed by atoms with Crippen LogP contribution in [0.5, 0.6) is 0 Å². The summed E-state index contributed by atoms with van der Waals surface area (Å²) in [7, 11) is 0. The maximum Gasteiger partial charge on any atom is 0.412 e. The Morgan fingerprint density at radius 2 is 1.62 bits per heavy atom. The number of benzene rings is 2. The molecule has 6 heteroatoms. The van der Waals surface area contributed by atoms with Crippen molar-refractivity contribution in [3.8, 4) is 11.3 Å². The molecule has 0 fully saturated rings. The van der Waals surface area contributed by atoms with Gasteiger partial charge >= 0.3 is 12.1 Å². The maximum atomic E-state index is 12.2. The SMILES string of the molecule is O=C(Nc1c(C(=O)O)ccnc1-c1ccccc1)OCc1ccccc1. The monoisotopic (exact) mass is 348 g/mol. The fourth-order valence-corrected chi connectivity index (χ4v) is 2.44. The normalized spacial score (nSPS) is 10.2. The van der Waals surface area contributed by atoms with Crippen molar-refractivity contribution >= 4 is 17.7 Å². The molecule has 0 aliphatic rings. The van der Waals surface area contributed by atoms with Gasteiger partial charge in [0.2, 0.25) is 0 Å². The van der Waals surface area contributed by atoms with Crippen LogP contribution in [0.3, 0.4) is 0 Å². The first-order valence-electron chi connectivity index (χ1n) is 7.90. The van der Waals surface area contributed by atoms with Crippen LogP contribution in [0.4, 0.5) is 10.5 Å². The molecular weight excluding hydrogens is 332 g/mol. The Kier molecular flexibility index (Phi) is 5.24. The zero-order valence-electron chi connectivity index (χ0n) is 13.8. The van der Waals surface area contributed by atoms with Crippen LogP contribution in [0.25, 0.3) is 11.3 Å². The van der Waals surface area contributed by atoms with Crippen molar-refractivity contribution in [1.29, 1.82) is 0 Å². The predicted octanol–water partition coefficient (Wildman–Crippen LogP) is 4.20. The number of carboxylic acid groups (broad SMARTS) is 1. The lowest BCUT2D eigenvalue weighted by Gasteiger charge is -2.13. The molecule has 0 unspecified atom stereocenters. The third kappa shape index (κ3) is 4.05. The number of aromatic nitrogens is 1. The Morgan fingerprint density at radius 1 is 0.962 bits per heavy atom. The van der Waals surface area contributed by atoms with E-state index < -0.39 is 12.1 Å². The van der Waals surface area contributed by atoms with Gasteiger partial charge in [0, 0.05) is 11.8 Å². The second-order valence-electron chi connectivity index (χ2n) is 5.44. The summed E-state index contributed by atoms with van der Waals surface area (Å²) < 4.78 is 5.19. The molecule has 2 N–H and O–H groups in total. The molecule has 0 radical (unpaired) electrons. The van der Waals surface area contributed by atoms with Crippen molar-refractivity contribution in [1.82, 2.24) is 4.98 Å². The zero-order valence-corrected chi connectivity index (χ0v) is 13.8. The first-order valence-corrected chi connectivity index (χ1v) is 7.90. The zero-order chi connectivity index (χ0) is 18.4. The molecule has 0 atom stereocenters. The summed E-state index contributed by atoms with van der Waals surface area (Å²) in [5, 5.41) is 12.0. The van der Waals surface area contributed by atoms with Crippen LogP contribution in [0.1, 0.15) is 15.9 Å². The summed E-state index contributed by atoms with van der Waals surface area (Å²) in [6, 6.07) is 19.6. The molecule has 26 heavy (non-hydrogen) atoms. The van der Waals surface area contributed by atoms with Crippen molar-refractivity contribution in [2.45, 2.75) is 6.61 Å². The number of nitrogens with one attached hydrogen (secondary N) is 1. The molecule has 6 nitrogen and oxygen atoms in total. The van der Waals surface area contributed by atoms with E-state index in [1.54, 1.807) is 12.1 Å². The fourth-order valence-electron chi connectivity index (χ4n) is 2.44. The number of carboxylic acids is 1. The second kappa shape index (κ2) is 7.94. The molecule has 0 saturated heterocycles. The summed E-state index contributed by atoms with van der Waals surface area (Å²) in [4.78, 5) is 28.0. The maximum absolute atomic E-state index is 12.2. The van der Waals surface area contributed by atoms with Gasteiger partial charge in [0.15, 0.2) is 0 Å². The highest BCUT2D eigenvalue weighted by Gasteiger charge is 2.19. The van der Waals surface area contributed by atoms with E-state index in [1.165, 1.54) is 12.3 Å². The van der Waals surface area contributed by atoms with Gasteiger partial charge in [0.1, 0.15) is 6.61 Å². The number of carbonyl (C=O) groups is 2. The first-order chi connectivity index (χ1) is 12.6. The minimum absolute atomic E-state index is 0.0597. The highest BCUT2D eigenvalue weighted by Crippen LogP contribution is 2.29. The van der Waals surface area contributed by atoms with Gasteiger partial charge in [-0.15, -0.1) is 0 Å². The number of nitrogens with zero attached hydrogens (tertiary/aromatic N) is 1. The van der Waals surface area contributed by atoms with E-state index in [1.807, 2.05) is 48.5 Å². The van der Waals surface area contributed by atoms with Crippen molar-refractivity contribution in [2.75, 3.05) is 5.32 Å². The van der Waals surface area contributed by atoms with E-state index in [2.05, 4.69) is 10.3 Å². The lowest BCUT2D eigenvalue weighted by molar-refractivity contribution is 0.0698. The van der Waals surface area contributed by atoms with Crippen LogP contribution in [-0.2, 0) is 11.3 Å². The Balaban J connectivity index is 1.85. The minimum Gasteiger partial charge on any atom is -0.478 e. The highest BCUT2D eigenvalue weighted by molar-refractivity contribution is 6.02. The molecule has 3 rings (SSSR count). The van der Waals surface area contributed by atoms with E-state index >= 15 is 0 Å². The van der Waals surface area contributed by atoms with Gasteiger partial charge in [-0.05, 0) is 11.6 Å². The van der Waals surface area contributed by atoms with Crippen molar-refractivity contribution in [2.24, 2.45) is 0 Å². The Labute approximate surface area is 150 Å². The van der Waals surface area contributed by atoms with Crippen LogP contribution in [0.15, 0.2) is 72.9 Å². The number of rotatable bonds is 5. The highest BCUT2D eigenvalue weighted by atomic mass is 16.5. The molecule has 0 aliphatic carbocycles. The lowest BCUT2D eigenvalue weighted by atomic mass is 10.1. The van der Waals surface area contributed by atoms with Crippen molar-refractivity contribution in [3.05, 3.63) is 84.1 Å². The lowest BCUT2D eigenvalue weighted by Crippen LogP contribution is -2.17. The summed E-state index contributed by atoms with van der Waals surface area (Å²) in [6.07, 6.45) is 0.647. The van der Waals surface area contributed by atoms with E-state index in [-0.39, 0.29) is 17.9 Å². The van der Waals surface area contributed by atoms with Crippen LogP contribution in [-0.4, -0.2) is 22.2 Å². The topological polar surface area (TPSA) is 88.5 Å². The Morgan fingerprint density at radius 3 is 2.27 bits per heavy atom. The fraction of sp³-hybridized carbons (Fsp3) is 0.0500. The van der Waals surface area contributed by atoms with Crippen LogP contribution < -0.4 is 5.32 Å². The molecule has 3 aromatic rings. The number of carbonyl (C=O) groups excluding carboxylic acids is 1. The molecule has 2 aromatic carbocycles. The molecule has 0 aliphatic heterocycles. The predicted molar refractivity (Wildman–Crippen MR) is 96.9 cm³/mol. The van der Waals surface area contributed by atoms with Crippen LogP contribution in [0, 0.1) is 0 Å². The molecule has 0 saturated carbocycles. The molecule has 1 aromatic heterocycles. The molecule has 130 valence electrons. The van der Waals surface area contributed by atoms with E-state index in [4.69, 9.17) is 4.74 Å². The van der Waals surface area contributed by atoms with Gasteiger partial charge in [0.25, 0.3) is 0 Å². The number of anilines is 1. The standard InChI is InChI=1S/C20H16N2O4/c23-19(24)16-11-12-21-17(15-9-5-2-6-10-15)18(16)22-20(25)26-13-14-7-3-1-4-8-14/h1-12H,13H2,(H,22,25)(H,23,24). The third-order valence-corrected chi connectivity index (χ3v) is 3.67. The summed E-state index contributed by atoms with van der Waals surface area (Å²) >= 11 is 0. The Hall–Kier alpha value is -3.67. The number of ether oxygens (including phenoxy) is 1. The summed E-state index contributed by atoms with van der Waals surface area (Å²) in [6.45, 7) is 0.0794. The average Bonchev–Trinajstić information content (AvgIpc) is 2.68. The quantitative estimate of drug-likeness (QED) is 0.721. The van der Waals surface area contributed by atoms with E-state index in [0.29, 0.717) is 11.3 Å². The first kappa shape index (κ1) is 17.2. The van der Waals surface area contributed by atoms with Gasteiger partial charge in [-0.3, -0.25) is 10.3 Å². The van der Waals surface area contributed by atoms with Gasteiger partial charge in [-0.2, -0.15) is 0 Å².